The van der Waals surface area contributed by atoms with Crippen LogP contribution >= 0.6 is 0 Å². The molecule has 0 aromatic carbocycles. The fourth-order valence-corrected chi connectivity index (χ4v) is 3.95. The van der Waals surface area contributed by atoms with Crippen LogP contribution in [0.25, 0.3) is 11.2 Å². The maximum absolute atomic E-state index is 12.1. The Balaban J connectivity index is 1.56. The molecule has 0 aliphatic carbocycles. The van der Waals surface area contributed by atoms with E-state index in [-0.39, 0.29) is 30.6 Å². The number of rotatable bonds is 8. The molecule has 160 valence electrons. The molecule has 1 fully saturated rings. The number of ether oxygens (including phenoxy) is 1. The van der Waals surface area contributed by atoms with Crippen molar-refractivity contribution in [2.45, 2.75) is 51.5 Å². The summed E-state index contributed by atoms with van der Waals surface area (Å²) in [5.41, 5.74) is 12.6. The van der Waals surface area contributed by atoms with Crippen molar-refractivity contribution in [2.75, 3.05) is 12.3 Å². The van der Waals surface area contributed by atoms with E-state index < -0.39 is 22.2 Å². The fourth-order valence-electron chi connectivity index (χ4n) is 3.07. The van der Waals surface area contributed by atoms with Gasteiger partial charge in [0.1, 0.15) is 18.1 Å². The largest absolute Gasteiger partial charge is 0.382 e. The Labute approximate surface area is 168 Å². The number of nitrogen functional groups attached to an aromatic ring is 1. The first-order chi connectivity index (χ1) is 13.7. The van der Waals surface area contributed by atoms with E-state index in [1.54, 1.807) is 17.8 Å². The molecule has 4 atom stereocenters. The van der Waals surface area contributed by atoms with Gasteiger partial charge in [-0.25, -0.2) is 19.7 Å². The highest BCUT2D eigenvalue weighted by atomic mass is 32.2. The lowest BCUT2D eigenvalue weighted by molar-refractivity contribution is -0.121. The molecule has 13 heteroatoms. The number of imidazole rings is 1. The number of nitrogens with zero attached hydrogens (tertiary/aromatic N) is 4. The third kappa shape index (κ3) is 4.80. The van der Waals surface area contributed by atoms with Gasteiger partial charge in [0, 0.05) is 6.54 Å². The molecule has 6 N–H and O–H groups in total. The minimum atomic E-state index is -4.03. The quantitative estimate of drug-likeness (QED) is 0.429. The number of carbonyl (C=O) groups excluding carboxylic acids is 1. The third-order valence-electron chi connectivity index (χ3n) is 5.08. The Hall–Kier alpha value is -2.35. The molecule has 2 aromatic heterocycles. The molecule has 1 amide bonds. The van der Waals surface area contributed by atoms with Crippen LogP contribution in [0.2, 0.25) is 0 Å². The molecule has 4 unspecified atom stereocenters. The molecule has 1 aliphatic heterocycles. The number of amides is 1. The summed E-state index contributed by atoms with van der Waals surface area (Å²) in [6.45, 7) is 3.68. The average molecular weight is 427 g/mol. The highest BCUT2D eigenvalue weighted by molar-refractivity contribution is 7.88. The number of carbonyl (C=O) groups is 1. The van der Waals surface area contributed by atoms with Crippen LogP contribution in [-0.4, -0.2) is 52.5 Å². The van der Waals surface area contributed by atoms with E-state index in [9.17, 15) is 13.2 Å². The topological polar surface area (TPSA) is 180 Å². The Morgan fingerprint density at radius 3 is 2.86 bits per heavy atom. The van der Waals surface area contributed by atoms with Crippen LogP contribution in [0.1, 0.15) is 39.3 Å². The van der Waals surface area contributed by atoms with Crippen molar-refractivity contribution in [1.82, 2.24) is 29.0 Å². The Morgan fingerprint density at radius 1 is 1.38 bits per heavy atom. The summed E-state index contributed by atoms with van der Waals surface area (Å²) < 4.78 is 36.2. The highest BCUT2D eigenvalue weighted by Gasteiger charge is 2.30. The summed E-state index contributed by atoms with van der Waals surface area (Å²) in [7, 11) is -4.03. The van der Waals surface area contributed by atoms with Gasteiger partial charge >= 0.3 is 10.2 Å². The number of hydrogen-bond donors (Lipinski definition) is 4. The first-order valence-corrected chi connectivity index (χ1v) is 10.9. The van der Waals surface area contributed by atoms with Gasteiger partial charge in [-0.1, -0.05) is 20.3 Å². The second kappa shape index (κ2) is 8.57. The van der Waals surface area contributed by atoms with Crippen LogP contribution in [0.15, 0.2) is 12.7 Å². The van der Waals surface area contributed by atoms with Crippen LogP contribution in [-0.2, 0) is 19.7 Å². The molecular formula is C16H26N8O4S. The monoisotopic (exact) mass is 426 g/mol. The van der Waals surface area contributed by atoms with Gasteiger partial charge in [0.2, 0.25) is 0 Å². The van der Waals surface area contributed by atoms with Crippen LogP contribution < -0.4 is 20.9 Å². The maximum Gasteiger partial charge on any atom is 0.301 e. The van der Waals surface area contributed by atoms with Gasteiger partial charge in [0.15, 0.2) is 11.5 Å². The molecule has 0 spiro atoms. The highest BCUT2D eigenvalue weighted by Crippen LogP contribution is 2.30. The zero-order chi connectivity index (χ0) is 21.2. The van der Waals surface area contributed by atoms with Crippen molar-refractivity contribution < 1.29 is 17.9 Å². The van der Waals surface area contributed by atoms with Crippen molar-refractivity contribution in [3.05, 3.63) is 12.7 Å². The van der Waals surface area contributed by atoms with Gasteiger partial charge in [-0.3, -0.25) is 9.36 Å². The van der Waals surface area contributed by atoms with Crippen molar-refractivity contribution in [3.63, 3.8) is 0 Å². The number of anilines is 1. The first-order valence-electron chi connectivity index (χ1n) is 9.37. The average Bonchev–Trinajstić information content (AvgIpc) is 3.32. The summed E-state index contributed by atoms with van der Waals surface area (Å²) >= 11 is 0. The Bertz CT molecular complexity index is 978. The van der Waals surface area contributed by atoms with Gasteiger partial charge in [-0.05, 0) is 18.8 Å². The predicted octanol–water partition coefficient (Wildman–Crippen LogP) is -0.590. The van der Waals surface area contributed by atoms with Crippen molar-refractivity contribution in [3.8, 4) is 0 Å². The molecular weight excluding hydrogens is 400 g/mol. The molecule has 3 heterocycles. The van der Waals surface area contributed by atoms with E-state index >= 15 is 0 Å². The second-order valence-corrected chi connectivity index (χ2v) is 8.60. The summed E-state index contributed by atoms with van der Waals surface area (Å²) in [6, 6.07) is -0.896. The zero-order valence-corrected chi connectivity index (χ0v) is 17.1. The molecule has 0 radical (unpaired) electrons. The normalized spacial score (nSPS) is 21.9. The van der Waals surface area contributed by atoms with Crippen LogP contribution in [0, 0.1) is 5.92 Å². The number of hydrogen-bond acceptors (Lipinski definition) is 9. The van der Waals surface area contributed by atoms with E-state index in [1.807, 2.05) is 11.6 Å². The minimum Gasteiger partial charge on any atom is -0.382 e. The van der Waals surface area contributed by atoms with Crippen molar-refractivity contribution in [2.24, 2.45) is 11.7 Å². The first kappa shape index (κ1) is 21.4. The lowest BCUT2D eigenvalue weighted by atomic mass is 10.00. The van der Waals surface area contributed by atoms with Crippen molar-refractivity contribution >= 4 is 33.1 Å². The van der Waals surface area contributed by atoms with E-state index in [0.29, 0.717) is 30.4 Å². The molecule has 12 nitrogen and oxygen atoms in total. The maximum atomic E-state index is 12.1. The van der Waals surface area contributed by atoms with Gasteiger partial charge in [0.25, 0.3) is 5.91 Å². The number of nitrogens with two attached hydrogens (primary N) is 2. The minimum absolute atomic E-state index is 0.0153. The van der Waals surface area contributed by atoms with Crippen LogP contribution in [0.5, 0.6) is 0 Å². The van der Waals surface area contributed by atoms with Gasteiger partial charge < -0.3 is 16.2 Å². The van der Waals surface area contributed by atoms with Crippen molar-refractivity contribution in [1.29, 1.82) is 0 Å². The lowest BCUT2D eigenvalue weighted by Crippen LogP contribution is -2.50. The fraction of sp³-hybridized carbons (Fsp3) is 0.625. The number of aromatic nitrogens is 4. The van der Waals surface area contributed by atoms with E-state index in [2.05, 4.69) is 19.7 Å². The molecule has 1 aliphatic rings. The molecule has 2 aromatic rings. The van der Waals surface area contributed by atoms with Crippen LogP contribution in [0.3, 0.4) is 0 Å². The zero-order valence-electron chi connectivity index (χ0n) is 16.3. The molecule has 0 bridgehead atoms. The summed E-state index contributed by atoms with van der Waals surface area (Å²) in [4.78, 5) is 24.3. The molecule has 29 heavy (non-hydrogen) atoms. The Morgan fingerprint density at radius 2 is 2.14 bits per heavy atom. The van der Waals surface area contributed by atoms with Gasteiger partial charge in [-0.2, -0.15) is 13.1 Å². The van der Waals surface area contributed by atoms with E-state index in [1.165, 1.54) is 6.33 Å². The standard InChI is InChI=1S/C16H26N8O4S/c1-3-9(2)12(17)16(25)23-29(26,27)22-6-10-4-5-11(28-10)24-8-21-13-14(18)19-7-20-15(13)24/h7-12,22H,3-6,17H2,1-2H3,(H,23,25)(H2,18,19,20). The van der Waals surface area contributed by atoms with E-state index in [4.69, 9.17) is 16.2 Å². The molecule has 3 rings (SSSR count). The summed E-state index contributed by atoms with van der Waals surface area (Å²) in [5, 5.41) is 0. The molecule has 1 saturated heterocycles. The summed E-state index contributed by atoms with van der Waals surface area (Å²) in [5.74, 6) is -0.589. The smallest absolute Gasteiger partial charge is 0.301 e. The number of fused-ring (bicyclic) bond motifs is 1. The second-order valence-electron chi connectivity index (χ2n) is 7.10. The van der Waals surface area contributed by atoms with Gasteiger partial charge in [0.05, 0.1) is 18.5 Å². The lowest BCUT2D eigenvalue weighted by Gasteiger charge is -2.19. The van der Waals surface area contributed by atoms with E-state index in [0.717, 1.165) is 0 Å². The van der Waals surface area contributed by atoms with Gasteiger partial charge in [-0.15, -0.1) is 0 Å². The third-order valence-corrected chi connectivity index (χ3v) is 6.09. The summed E-state index contributed by atoms with van der Waals surface area (Å²) in [6.07, 6.45) is 4.13. The Kier molecular flexibility index (Phi) is 6.31. The predicted molar refractivity (Wildman–Crippen MR) is 105 cm³/mol. The SMILES string of the molecule is CCC(C)C(N)C(=O)NS(=O)(=O)NCC1CCC(n2cnc3c(N)ncnc32)O1. The molecule has 0 saturated carbocycles. The number of nitrogens with one attached hydrogen (secondary N) is 2. The van der Waals surface area contributed by atoms with Crippen LogP contribution in [0.4, 0.5) is 5.82 Å².